The molecule has 0 bridgehead atoms. The first-order valence-corrected chi connectivity index (χ1v) is 7.51. The molecule has 1 aromatic carbocycles. The predicted molar refractivity (Wildman–Crippen MR) is 79.5 cm³/mol. The smallest absolute Gasteiger partial charge is 0.221 e. The maximum Gasteiger partial charge on any atom is 0.221 e. The molecule has 1 aliphatic heterocycles. The van der Waals surface area contributed by atoms with Crippen LogP contribution in [-0.2, 0) is 11.3 Å². The summed E-state index contributed by atoms with van der Waals surface area (Å²) in [6.07, 6.45) is 0.526. The van der Waals surface area contributed by atoms with Crippen LogP contribution in [-0.4, -0.2) is 38.2 Å². The number of nitrogens with one attached hydrogen (secondary N) is 1. The Labute approximate surface area is 122 Å². The summed E-state index contributed by atoms with van der Waals surface area (Å²) in [4.78, 5) is 14.1. The maximum atomic E-state index is 11.7. The van der Waals surface area contributed by atoms with Crippen molar-refractivity contribution in [3.8, 4) is 0 Å². The van der Waals surface area contributed by atoms with E-state index in [0.29, 0.717) is 13.0 Å². The zero-order chi connectivity index (χ0) is 14.2. The Hall–Kier alpha value is -1.53. The summed E-state index contributed by atoms with van der Waals surface area (Å²) in [6.45, 7) is 6.60. The minimum absolute atomic E-state index is 0.131. The van der Waals surface area contributed by atoms with Crippen LogP contribution in [0, 0.1) is 0 Å². The minimum atomic E-state index is -0.147. The molecule has 6 heteroatoms. The topological polar surface area (TPSA) is 58.1 Å². The standard InChI is InChI=1S/C14H18N4OS/c1-14(2)8-12(19)15-6-7-18(14)9-10-4-3-5-11-13(10)17-20-16-11/h3-5H,6-9H2,1-2H3,(H,15,19). The molecule has 0 aliphatic carbocycles. The fourth-order valence-corrected chi connectivity index (χ4v) is 3.26. The quantitative estimate of drug-likeness (QED) is 0.916. The van der Waals surface area contributed by atoms with Gasteiger partial charge in [0.05, 0.1) is 11.7 Å². The number of carbonyl (C=O) groups excluding carboxylic acids is 1. The summed E-state index contributed by atoms with van der Waals surface area (Å²) in [5.74, 6) is 0.131. The second kappa shape index (κ2) is 5.10. The molecular weight excluding hydrogens is 272 g/mol. The van der Waals surface area contributed by atoms with Crippen LogP contribution in [0.5, 0.6) is 0 Å². The molecule has 0 saturated carbocycles. The molecule has 5 nitrogen and oxygen atoms in total. The summed E-state index contributed by atoms with van der Waals surface area (Å²) < 4.78 is 8.68. The van der Waals surface area contributed by atoms with Crippen molar-refractivity contribution in [2.24, 2.45) is 0 Å². The van der Waals surface area contributed by atoms with Gasteiger partial charge in [-0.3, -0.25) is 9.69 Å². The molecule has 1 aliphatic rings. The molecule has 0 atom stereocenters. The third-order valence-electron chi connectivity index (χ3n) is 3.88. The van der Waals surface area contributed by atoms with Gasteiger partial charge in [0.1, 0.15) is 11.0 Å². The van der Waals surface area contributed by atoms with Gasteiger partial charge < -0.3 is 5.32 Å². The van der Waals surface area contributed by atoms with E-state index in [2.05, 4.69) is 38.9 Å². The highest BCUT2D eigenvalue weighted by atomic mass is 32.1. The molecule has 1 N–H and O–H groups in total. The van der Waals surface area contributed by atoms with Gasteiger partial charge in [-0.15, -0.1) is 0 Å². The van der Waals surface area contributed by atoms with Crippen molar-refractivity contribution in [2.45, 2.75) is 32.4 Å². The molecule has 0 radical (unpaired) electrons. The van der Waals surface area contributed by atoms with Crippen LogP contribution in [0.1, 0.15) is 25.8 Å². The molecule has 1 fully saturated rings. The fourth-order valence-electron chi connectivity index (χ4n) is 2.69. The van der Waals surface area contributed by atoms with Crippen LogP contribution in [0.2, 0.25) is 0 Å². The molecule has 20 heavy (non-hydrogen) atoms. The molecule has 1 amide bonds. The molecule has 0 spiro atoms. The summed E-state index contributed by atoms with van der Waals surface area (Å²) in [6, 6.07) is 6.11. The van der Waals surface area contributed by atoms with Crippen molar-refractivity contribution < 1.29 is 4.79 Å². The largest absolute Gasteiger partial charge is 0.355 e. The van der Waals surface area contributed by atoms with E-state index in [-0.39, 0.29) is 11.4 Å². The third-order valence-corrected chi connectivity index (χ3v) is 4.43. The van der Waals surface area contributed by atoms with Crippen molar-refractivity contribution in [3.05, 3.63) is 23.8 Å². The first-order valence-electron chi connectivity index (χ1n) is 6.78. The molecule has 106 valence electrons. The number of hydrogen-bond donors (Lipinski definition) is 1. The van der Waals surface area contributed by atoms with Crippen LogP contribution < -0.4 is 5.32 Å². The van der Waals surface area contributed by atoms with Gasteiger partial charge in [-0.1, -0.05) is 12.1 Å². The van der Waals surface area contributed by atoms with E-state index in [1.165, 1.54) is 17.3 Å². The average Bonchev–Trinajstić information content (AvgIpc) is 2.81. The van der Waals surface area contributed by atoms with Gasteiger partial charge >= 0.3 is 0 Å². The highest BCUT2D eigenvalue weighted by molar-refractivity contribution is 7.00. The van der Waals surface area contributed by atoms with Gasteiger partial charge in [-0.2, -0.15) is 8.75 Å². The highest BCUT2D eigenvalue weighted by Gasteiger charge is 2.32. The zero-order valence-corrected chi connectivity index (χ0v) is 12.5. The number of amides is 1. The number of nitrogens with zero attached hydrogens (tertiary/aromatic N) is 3. The van der Waals surface area contributed by atoms with E-state index in [9.17, 15) is 4.79 Å². The van der Waals surface area contributed by atoms with Crippen molar-refractivity contribution in [1.82, 2.24) is 19.0 Å². The Morgan fingerprint density at radius 2 is 2.25 bits per heavy atom. The van der Waals surface area contributed by atoms with Crippen LogP contribution in [0.4, 0.5) is 0 Å². The zero-order valence-electron chi connectivity index (χ0n) is 11.7. The Bertz CT molecular complexity index is 637. The molecular formula is C14H18N4OS. The number of fused-ring (bicyclic) bond motifs is 1. The fraction of sp³-hybridized carbons (Fsp3) is 0.500. The Morgan fingerprint density at radius 1 is 1.40 bits per heavy atom. The van der Waals surface area contributed by atoms with Crippen molar-refractivity contribution >= 4 is 28.7 Å². The second-order valence-electron chi connectivity index (χ2n) is 5.81. The van der Waals surface area contributed by atoms with Crippen LogP contribution in [0.3, 0.4) is 0 Å². The van der Waals surface area contributed by atoms with Crippen molar-refractivity contribution in [2.75, 3.05) is 13.1 Å². The highest BCUT2D eigenvalue weighted by Crippen LogP contribution is 2.25. The Balaban J connectivity index is 1.89. The lowest BCUT2D eigenvalue weighted by Gasteiger charge is -2.36. The van der Waals surface area contributed by atoms with E-state index in [1.807, 2.05) is 12.1 Å². The lowest BCUT2D eigenvalue weighted by atomic mass is 9.97. The van der Waals surface area contributed by atoms with Gasteiger partial charge in [0.2, 0.25) is 5.91 Å². The van der Waals surface area contributed by atoms with E-state index in [0.717, 1.165) is 24.1 Å². The summed E-state index contributed by atoms with van der Waals surface area (Å²) in [5, 5.41) is 2.94. The number of hydrogen-bond acceptors (Lipinski definition) is 5. The molecule has 2 heterocycles. The summed E-state index contributed by atoms with van der Waals surface area (Å²) >= 11 is 1.25. The monoisotopic (exact) mass is 290 g/mol. The number of carbonyl (C=O) groups is 1. The van der Waals surface area contributed by atoms with Crippen molar-refractivity contribution in [1.29, 1.82) is 0 Å². The van der Waals surface area contributed by atoms with Gasteiger partial charge in [0.25, 0.3) is 0 Å². The van der Waals surface area contributed by atoms with Gasteiger partial charge in [0.15, 0.2) is 0 Å². The lowest BCUT2D eigenvalue weighted by Crippen LogP contribution is -2.44. The van der Waals surface area contributed by atoms with E-state index >= 15 is 0 Å². The Morgan fingerprint density at radius 3 is 3.10 bits per heavy atom. The maximum absolute atomic E-state index is 11.7. The van der Waals surface area contributed by atoms with Crippen LogP contribution in [0.25, 0.3) is 11.0 Å². The SMILES string of the molecule is CC1(C)CC(=O)NCCN1Cc1cccc2nsnc12. The molecule has 3 rings (SSSR count). The van der Waals surface area contributed by atoms with Gasteiger partial charge in [-0.05, 0) is 25.5 Å². The van der Waals surface area contributed by atoms with E-state index in [1.54, 1.807) is 0 Å². The third kappa shape index (κ3) is 2.53. The van der Waals surface area contributed by atoms with Crippen LogP contribution in [0.15, 0.2) is 18.2 Å². The first-order chi connectivity index (χ1) is 9.56. The van der Waals surface area contributed by atoms with Gasteiger partial charge in [-0.25, -0.2) is 0 Å². The summed E-state index contributed by atoms with van der Waals surface area (Å²) in [5.41, 5.74) is 2.97. The second-order valence-corrected chi connectivity index (χ2v) is 6.34. The number of benzene rings is 1. The Kier molecular flexibility index (Phi) is 3.43. The summed E-state index contributed by atoms with van der Waals surface area (Å²) in [7, 11) is 0. The van der Waals surface area contributed by atoms with E-state index in [4.69, 9.17) is 0 Å². The normalized spacial score (nSPS) is 19.8. The number of aromatic nitrogens is 2. The lowest BCUT2D eigenvalue weighted by molar-refractivity contribution is -0.122. The van der Waals surface area contributed by atoms with Crippen LogP contribution >= 0.6 is 11.7 Å². The minimum Gasteiger partial charge on any atom is -0.355 e. The van der Waals surface area contributed by atoms with Crippen molar-refractivity contribution in [3.63, 3.8) is 0 Å². The van der Waals surface area contributed by atoms with Gasteiger partial charge in [0, 0.05) is 31.6 Å². The first kappa shape index (κ1) is 13.5. The molecule has 1 saturated heterocycles. The molecule has 1 aromatic heterocycles. The molecule has 0 unspecified atom stereocenters. The number of rotatable bonds is 2. The predicted octanol–water partition coefficient (Wildman–Crippen LogP) is 1.79. The average molecular weight is 290 g/mol. The molecule has 2 aromatic rings. The van der Waals surface area contributed by atoms with E-state index < -0.39 is 0 Å².